The fraction of sp³-hybridized carbons (Fsp3) is 0.308. The molecule has 5 heteroatoms. The predicted molar refractivity (Wildman–Crippen MR) is 77.2 cm³/mol. The van der Waals surface area contributed by atoms with Crippen LogP contribution in [0.15, 0.2) is 43.0 Å². The third-order valence-electron chi connectivity index (χ3n) is 2.45. The molecule has 98 valence electrons. The fourth-order valence-electron chi connectivity index (χ4n) is 1.47. The molecule has 0 saturated heterocycles. The van der Waals surface area contributed by atoms with E-state index in [1.165, 1.54) is 5.56 Å². The number of nitrogens with one attached hydrogen (secondary N) is 1. The van der Waals surface area contributed by atoms with Gasteiger partial charge in [-0.15, -0.1) is 6.58 Å². The minimum absolute atomic E-state index is 0.215. The van der Waals surface area contributed by atoms with Gasteiger partial charge >= 0.3 is 0 Å². The number of halogens is 3. The SMILES string of the molecule is C=CC(CCc1ccccc1)NC(=O)C(Cl)(Cl)Cl. The van der Waals surface area contributed by atoms with Crippen LogP contribution in [-0.2, 0) is 11.2 Å². The normalized spacial score (nSPS) is 12.8. The highest BCUT2D eigenvalue weighted by Crippen LogP contribution is 2.26. The molecule has 0 radical (unpaired) electrons. The van der Waals surface area contributed by atoms with Crippen molar-refractivity contribution >= 4 is 40.7 Å². The van der Waals surface area contributed by atoms with E-state index in [-0.39, 0.29) is 6.04 Å². The molecule has 1 unspecified atom stereocenters. The van der Waals surface area contributed by atoms with Crippen molar-refractivity contribution < 1.29 is 4.79 Å². The van der Waals surface area contributed by atoms with Gasteiger partial charge in [-0.25, -0.2) is 0 Å². The Kier molecular flexibility index (Phi) is 6.00. The van der Waals surface area contributed by atoms with E-state index >= 15 is 0 Å². The van der Waals surface area contributed by atoms with Gasteiger partial charge in [-0.1, -0.05) is 71.2 Å². The van der Waals surface area contributed by atoms with Crippen molar-refractivity contribution in [3.63, 3.8) is 0 Å². The molecule has 0 fully saturated rings. The Labute approximate surface area is 122 Å². The molecular weight excluding hydrogens is 293 g/mol. The summed E-state index contributed by atoms with van der Waals surface area (Å²) in [5.41, 5.74) is 1.19. The highest BCUT2D eigenvalue weighted by atomic mass is 35.6. The van der Waals surface area contributed by atoms with E-state index < -0.39 is 9.70 Å². The number of alkyl halides is 3. The molecule has 1 atom stereocenters. The summed E-state index contributed by atoms with van der Waals surface area (Å²) in [5, 5.41) is 2.62. The molecule has 1 amide bonds. The van der Waals surface area contributed by atoms with Gasteiger partial charge in [0.2, 0.25) is 0 Å². The van der Waals surface area contributed by atoms with Crippen LogP contribution in [0.5, 0.6) is 0 Å². The van der Waals surface area contributed by atoms with E-state index in [4.69, 9.17) is 34.8 Å². The minimum Gasteiger partial charge on any atom is -0.346 e. The number of hydrogen-bond donors (Lipinski definition) is 1. The van der Waals surface area contributed by atoms with Crippen LogP contribution in [0.4, 0.5) is 0 Å². The quantitative estimate of drug-likeness (QED) is 0.653. The molecule has 0 aliphatic carbocycles. The van der Waals surface area contributed by atoms with E-state index in [1.807, 2.05) is 30.3 Å². The van der Waals surface area contributed by atoms with Crippen LogP contribution < -0.4 is 5.32 Å². The first-order valence-corrected chi connectivity index (χ1v) is 6.61. The summed E-state index contributed by atoms with van der Waals surface area (Å²) in [6, 6.07) is 9.73. The molecule has 1 N–H and O–H groups in total. The van der Waals surface area contributed by atoms with Gasteiger partial charge in [0.15, 0.2) is 0 Å². The van der Waals surface area contributed by atoms with E-state index in [2.05, 4.69) is 11.9 Å². The zero-order valence-electron chi connectivity index (χ0n) is 9.70. The summed E-state index contributed by atoms with van der Waals surface area (Å²) in [6.45, 7) is 3.66. The van der Waals surface area contributed by atoms with Gasteiger partial charge < -0.3 is 5.32 Å². The number of carbonyl (C=O) groups excluding carboxylic acids is 1. The lowest BCUT2D eigenvalue weighted by Crippen LogP contribution is -2.40. The molecule has 0 aliphatic heterocycles. The minimum atomic E-state index is -1.94. The summed E-state index contributed by atoms with van der Waals surface area (Å²) < 4.78 is -1.94. The summed E-state index contributed by atoms with van der Waals surface area (Å²) in [5.74, 6) is -0.634. The number of benzene rings is 1. The number of amides is 1. The second-order valence-electron chi connectivity index (χ2n) is 3.84. The van der Waals surface area contributed by atoms with Crippen molar-refractivity contribution in [1.82, 2.24) is 5.32 Å². The third kappa shape index (κ3) is 5.30. The highest BCUT2D eigenvalue weighted by molar-refractivity contribution is 6.76. The first kappa shape index (κ1) is 15.4. The fourth-order valence-corrected chi connectivity index (χ4v) is 1.63. The largest absolute Gasteiger partial charge is 0.346 e. The summed E-state index contributed by atoms with van der Waals surface area (Å²) in [7, 11) is 0. The molecule has 1 aromatic carbocycles. The maximum atomic E-state index is 11.5. The van der Waals surface area contributed by atoms with Crippen LogP contribution in [0.2, 0.25) is 0 Å². The van der Waals surface area contributed by atoms with Crippen molar-refractivity contribution in [2.45, 2.75) is 22.7 Å². The topological polar surface area (TPSA) is 29.1 Å². The number of aryl methyl sites for hydroxylation is 1. The van der Waals surface area contributed by atoms with Gasteiger partial charge in [0.25, 0.3) is 9.70 Å². The Morgan fingerprint density at radius 1 is 1.33 bits per heavy atom. The summed E-state index contributed by atoms with van der Waals surface area (Å²) in [6.07, 6.45) is 3.16. The Hall–Kier alpha value is -0.700. The van der Waals surface area contributed by atoms with Crippen molar-refractivity contribution in [2.24, 2.45) is 0 Å². The predicted octanol–water partition coefficient (Wildman–Crippen LogP) is 3.66. The Bertz CT molecular complexity index is 400. The monoisotopic (exact) mass is 305 g/mol. The Morgan fingerprint density at radius 3 is 2.44 bits per heavy atom. The molecule has 0 heterocycles. The molecular formula is C13H14Cl3NO. The standard InChI is InChI=1S/C13H14Cl3NO/c1-2-11(17-12(18)13(14,15)16)9-8-10-6-4-3-5-7-10/h2-7,11H,1,8-9H2,(H,17,18). The van der Waals surface area contributed by atoms with Crippen LogP contribution in [0.1, 0.15) is 12.0 Å². The van der Waals surface area contributed by atoms with Crippen LogP contribution in [0.25, 0.3) is 0 Å². The first-order valence-electron chi connectivity index (χ1n) is 5.47. The van der Waals surface area contributed by atoms with Crippen LogP contribution in [-0.4, -0.2) is 15.7 Å². The number of carbonyl (C=O) groups is 1. The average molecular weight is 307 g/mol. The van der Waals surface area contributed by atoms with E-state index in [0.717, 1.165) is 6.42 Å². The van der Waals surface area contributed by atoms with E-state index in [0.29, 0.717) is 6.42 Å². The van der Waals surface area contributed by atoms with Crippen molar-refractivity contribution in [2.75, 3.05) is 0 Å². The molecule has 2 nitrogen and oxygen atoms in total. The van der Waals surface area contributed by atoms with Gasteiger partial charge in [0.05, 0.1) is 0 Å². The lowest BCUT2D eigenvalue weighted by Gasteiger charge is -2.18. The Balaban J connectivity index is 2.48. The van der Waals surface area contributed by atoms with Crippen LogP contribution in [0.3, 0.4) is 0 Å². The zero-order valence-corrected chi connectivity index (χ0v) is 12.0. The van der Waals surface area contributed by atoms with Crippen LogP contribution in [0, 0.1) is 0 Å². The molecule has 18 heavy (non-hydrogen) atoms. The second kappa shape index (κ2) is 7.03. The first-order chi connectivity index (χ1) is 8.43. The maximum absolute atomic E-state index is 11.5. The lowest BCUT2D eigenvalue weighted by molar-refractivity contribution is -0.120. The molecule has 1 rings (SSSR count). The third-order valence-corrected chi connectivity index (χ3v) is 2.96. The molecule has 0 aliphatic rings. The highest BCUT2D eigenvalue weighted by Gasteiger charge is 2.31. The van der Waals surface area contributed by atoms with Crippen LogP contribution >= 0.6 is 34.8 Å². The maximum Gasteiger partial charge on any atom is 0.272 e. The van der Waals surface area contributed by atoms with Gasteiger partial charge in [0.1, 0.15) is 0 Å². The number of hydrogen-bond acceptors (Lipinski definition) is 1. The van der Waals surface area contributed by atoms with Gasteiger partial charge in [-0.05, 0) is 18.4 Å². The molecule has 0 saturated carbocycles. The van der Waals surface area contributed by atoms with E-state index in [9.17, 15) is 4.79 Å². The van der Waals surface area contributed by atoms with Crippen molar-refractivity contribution in [1.29, 1.82) is 0 Å². The average Bonchev–Trinajstić information content (AvgIpc) is 2.34. The Morgan fingerprint density at radius 2 is 1.94 bits per heavy atom. The molecule has 0 spiro atoms. The molecule has 0 aromatic heterocycles. The van der Waals surface area contributed by atoms with Gasteiger partial charge in [0, 0.05) is 6.04 Å². The van der Waals surface area contributed by atoms with Crippen molar-refractivity contribution in [3.8, 4) is 0 Å². The van der Waals surface area contributed by atoms with Crippen molar-refractivity contribution in [3.05, 3.63) is 48.6 Å². The molecule has 1 aromatic rings. The zero-order chi connectivity index (χ0) is 13.6. The van der Waals surface area contributed by atoms with E-state index in [1.54, 1.807) is 6.08 Å². The summed E-state index contributed by atoms with van der Waals surface area (Å²) in [4.78, 5) is 11.5. The second-order valence-corrected chi connectivity index (χ2v) is 6.12. The smallest absolute Gasteiger partial charge is 0.272 e. The number of rotatable bonds is 5. The summed E-state index contributed by atoms with van der Waals surface area (Å²) >= 11 is 16.5. The molecule has 0 bridgehead atoms. The lowest BCUT2D eigenvalue weighted by atomic mass is 10.1. The van der Waals surface area contributed by atoms with Gasteiger partial charge in [-0.2, -0.15) is 0 Å². The van der Waals surface area contributed by atoms with Gasteiger partial charge in [-0.3, -0.25) is 4.79 Å².